The Labute approximate surface area is 153 Å². The fourth-order valence-electron chi connectivity index (χ4n) is 3.11. The van der Waals surface area contributed by atoms with Crippen molar-refractivity contribution in [1.82, 2.24) is 0 Å². The standard InChI is InChI=1S/C23H24O3/c1-15(2)12-22(24)26-14-16(3)18-10-11-21-19(13-18)9-8-17-6-4-5-7-20(17)23(21)25/h4-11,13,15-16H,12,14H2,1-3H3. The number of rotatable bonds is 5. The minimum Gasteiger partial charge on any atom is -0.465 e. The van der Waals surface area contributed by atoms with Gasteiger partial charge < -0.3 is 4.74 Å². The lowest BCUT2D eigenvalue weighted by molar-refractivity contribution is -0.144. The van der Waals surface area contributed by atoms with Gasteiger partial charge in [-0.15, -0.1) is 0 Å². The van der Waals surface area contributed by atoms with Gasteiger partial charge in [-0.2, -0.15) is 0 Å². The van der Waals surface area contributed by atoms with Crippen molar-refractivity contribution in [1.29, 1.82) is 0 Å². The van der Waals surface area contributed by atoms with E-state index in [9.17, 15) is 9.59 Å². The smallest absolute Gasteiger partial charge is 0.306 e. The molecule has 3 aromatic rings. The maximum absolute atomic E-state index is 12.8. The summed E-state index contributed by atoms with van der Waals surface area (Å²) in [6.45, 7) is 6.38. The van der Waals surface area contributed by atoms with Crippen LogP contribution in [0.25, 0.3) is 21.5 Å². The third kappa shape index (κ3) is 3.93. The first-order chi connectivity index (χ1) is 12.5. The summed E-state index contributed by atoms with van der Waals surface area (Å²) in [6.07, 6.45) is 0.437. The molecule has 3 nitrogen and oxygen atoms in total. The van der Waals surface area contributed by atoms with Crippen molar-refractivity contribution in [2.24, 2.45) is 5.92 Å². The van der Waals surface area contributed by atoms with Gasteiger partial charge in [0.15, 0.2) is 5.43 Å². The van der Waals surface area contributed by atoms with Crippen molar-refractivity contribution in [3.8, 4) is 0 Å². The molecule has 0 saturated heterocycles. The van der Waals surface area contributed by atoms with Gasteiger partial charge in [-0.05, 0) is 22.3 Å². The Kier molecular flexibility index (Phi) is 5.36. The molecule has 0 N–H and O–H groups in total. The van der Waals surface area contributed by atoms with E-state index in [2.05, 4.69) is 0 Å². The molecule has 0 amide bonds. The Morgan fingerprint density at radius 1 is 0.923 bits per heavy atom. The highest BCUT2D eigenvalue weighted by Gasteiger charge is 2.12. The van der Waals surface area contributed by atoms with E-state index in [-0.39, 0.29) is 17.3 Å². The molecule has 0 aliphatic rings. The van der Waals surface area contributed by atoms with E-state index >= 15 is 0 Å². The Balaban J connectivity index is 1.91. The fourth-order valence-corrected chi connectivity index (χ4v) is 3.11. The molecular weight excluding hydrogens is 324 g/mol. The number of benzene rings is 2. The number of esters is 1. The maximum atomic E-state index is 12.8. The molecule has 0 radical (unpaired) electrons. The van der Waals surface area contributed by atoms with Crippen molar-refractivity contribution in [3.05, 3.63) is 70.4 Å². The third-order valence-corrected chi connectivity index (χ3v) is 4.61. The van der Waals surface area contributed by atoms with Crippen molar-refractivity contribution in [2.75, 3.05) is 6.61 Å². The van der Waals surface area contributed by atoms with Gasteiger partial charge in [-0.25, -0.2) is 0 Å². The van der Waals surface area contributed by atoms with E-state index < -0.39 is 0 Å². The summed E-state index contributed by atoms with van der Waals surface area (Å²) in [4.78, 5) is 24.6. The molecule has 0 spiro atoms. The first-order valence-electron chi connectivity index (χ1n) is 9.07. The highest BCUT2D eigenvalue weighted by molar-refractivity contribution is 5.93. The summed E-state index contributed by atoms with van der Waals surface area (Å²) in [5.74, 6) is 0.209. The van der Waals surface area contributed by atoms with Crippen LogP contribution >= 0.6 is 0 Å². The molecule has 0 saturated carbocycles. The molecular formula is C23H24O3. The number of hydrogen-bond acceptors (Lipinski definition) is 3. The van der Waals surface area contributed by atoms with E-state index in [0.717, 1.165) is 21.7 Å². The molecule has 3 aromatic carbocycles. The van der Waals surface area contributed by atoms with Crippen LogP contribution in [0.4, 0.5) is 0 Å². The second-order valence-corrected chi connectivity index (χ2v) is 7.28. The highest BCUT2D eigenvalue weighted by Crippen LogP contribution is 2.22. The SMILES string of the molecule is CC(C)CC(=O)OCC(C)c1ccc2c(=O)c3ccccc3ccc2c1. The molecule has 0 bridgehead atoms. The van der Waals surface area contributed by atoms with Gasteiger partial charge >= 0.3 is 5.97 Å². The molecule has 0 aliphatic carbocycles. The molecule has 1 unspecified atom stereocenters. The molecule has 0 fully saturated rings. The first-order valence-corrected chi connectivity index (χ1v) is 9.07. The van der Waals surface area contributed by atoms with Crippen LogP contribution in [0.1, 0.15) is 38.7 Å². The van der Waals surface area contributed by atoms with Crippen LogP contribution in [-0.4, -0.2) is 12.6 Å². The van der Waals surface area contributed by atoms with E-state index in [1.807, 2.05) is 75.4 Å². The van der Waals surface area contributed by atoms with E-state index in [1.165, 1.54) is 0 Å². The zero-order valence-corrected chi connectivity index (χ0v) is 15.5. The molecule has 26 heavy (non-hydrogen) atoms. The predicted molar refractivity (Wildman–Crippen MR) is 107 cm³/mol. The van der Waals surface area contributed by atoms with Gasteiger partial charge in [0.1, 0.15) is 0 Å². The Hall–Kier alpha value is -2.68. The minimum absolute atomic E-state index is 0.0446. The summed E-state index contributed by atoms with van der Waals surface area (Å²) in [7, 11) is 0. The van der Waals surface area contributed by atoms with Gasteiger partial charge in [0, 0.05) is 23.1 Å². The third-order valence-electron chi connectivity index (χ3n) is 4.61. The topological polar surface area (TPSA) is 43.4 Å². The van der Waals surface area contributed by atoms with Crippen LogP contribution < -0.4 is 5.43 Å². The van der Waals surface area contributed by atoms with Crippen molar-refractivity contribution in [3.63, 3.8) is 0 Å². The number of fused-ring (bicyclic) bond motifs is 2. The van der Waals surface area contributed by atoms with Gasteiger partial charge in [-0.3, -0.25) is 9.59 Å². The monoisotopic (exact) mass is 348 g/mol. The van der Waals surface area contributed by atoms with Crippen LogP contribution in [0, 0.1) is 5.92 Å². The Morgan fingerprint density at radius 2 is 1.62 bits per heavy atom. The quantitative estimate of drug-likeness (QED) is 0.606. The molecule has 134 valence electrons. The first kappa shape index (κ1) is 18.1. The fraction of sp³-hybridized carbons (Fsp3) is 0.304. The average Bonchev–Trinajstić information content (AvgIpc) is 2.76. The summed E-state index contributed by atoms with van der Waals surface area (Å²) in [6, 6.07) is 17.5. The molecule has 3 rings (SSSR count). The van der Waals surface area contributed by atoms with Crippen molar-refractivity contribution >= 4 is 27.5 Å². The summed E-state index contributed by atoms with van der Waals surface area (Å²) < 4.78 is 5.39. The number of carbonyl (C=O) groups is 1. The second kappa shape index (κ2) is 7.69. The minimum atomic E-state index is -0.160. The van der Waals surface area contributed by atoms with E-state index in [1.54, 1.807) is 0 Å². The van der Waals surface area contributed by atoms with Gasteiger partial charge in [0.05, 0.1) is 6.61 Å². The highest BCUT2D eigenvalue weighted by atomic mass is 16.5. The van der Waals surface area contributed by atoms with Gasteiger partial charge in [0.2, 0.25) is 0 Å². The molecule has 0 heterocycles. The number of carbonyl (C=O) groups excluding carboxylic acids is 1. The van der Waals surface area contributed by atoms with Crippen LogP contribution in [-0.2, 0) is 9.53 Å². The summed E-state index contributed by atoms with van der Waals surface area (Å²) in [5, 5.41) is 3.28. The largest absolute Gasteiger partial charge is 0.465 e. The lowest BCUT2D eigenvalue weighted by Crippen LogP contribution is -2.12. The van der Waals surface area contributed by atoms with Gasteiger partial charge in [0.25, 0.3) is 0 Å². The van der Waals surface area contributed by atoms with Crippen LogP contribution in [0.2, 0.25) is 0 Å². The van der Waals surface area contributed by atoms with Crippen LogP contribution in [0.5, 0.6) is 0 Å². The number of hydrogen-bond donors (Lipinski definition) is 0. The van der Waals surface area contributed by atoms with E-state index in [4.69, 9.17) is 4.74 Å². The van der Waals surface area contributed by atoms with Crippen LogP contribution in [0.3, 0.4) is 0 Å². The molecule has 1 atom stereocenters. The van der Waals surface area contributed by atoms with Crippen LogP contribution in [0.15, 0.2) is 59.4 Å². The summed E-state index contributed by atoms with van der Waals surface area (Å²) >= 11 is 0. The van der Waals surface area contributed by atoms with Gasteiger partial charge in [-0.1, -0.05) is 75.4 Å². The van der Waals surface area contributed by atoms with E-state index in [0.29, 0.717) is 24.3 Å². The molecule has 3 heteroatoms. The second-order valence-electron chi connectivity index (χ2n) is 7.28. The van der Waals surface area contributed by atoms with Crippen molar-refractivity contribution < 1.29 is 9.53 Å². The Morgan fingerprint density at radius 3 is 2.38 bits per heavy atom. The predicted octanol–water partition coefficient (Wildman–Crippen LogP) is 5.05. The zero-order chi connectivity index (χ0) is 18.7. The Bertz CT molecular complexity index is 1000. The summed E-state index contributed by atoms with van der Waals surface area (Å²) in [5.41, 5.74) is 1.10. The lowest BCUT2D eigenvalue weighted by Gasteiger charge is -2.13. The zero-order valence-electron chi connectivity index (χ0n) is 15.5. The number of ether oxygens (including phenoxy) is 1. The molecule has 0 aliphatic heterocycles. The lowest BCUT2D eigenvalue weighted by atomic mass is 9.99. The maximum Gasteiger partial charge on any atom is 0.306 e. The normalized spacial score (nSPS) is 12.5. The van der Waals surface area contributed by atoms with Crippen molar-refractivity contribution in [2.45, 2.75) is 33.1 Å². The average molecular weight is 348 g/mol. The molecule has 0 aromatic heterocycles.